The third-order valence-electron chi connectivity index (χ3n) is 22.2. The number of pyridine rings is 11. The minimum absolute atomic E-state index is 0.210. The van der Waals surface area contributed by atoms with Crippen molar-refractivity contribution in [2.75, 3.05) is 74.5 Å². The van der Waals surface area contributed by atoms with E-state index >= 15 is 0 Å². The number of amides is 1. The highest BCUT2D eigenvalue weighted by molar-refractivity contribution is 6.32. The molecule has 11 heterocycles. The summed E-state index contributed by atoms with van der Waals surface area (Å²) < 4.78 is 13.1. The van der Waals surface area contributed by atoms with Gasteiger partial charge in [0.2, 0.25) is 5.91 Å². The van der Waals surface area contributed by atoms with Crippen LogP contribution in [-0.2, 0) is 0 Å². The van der Waals surface area contributed by atoms with E-state index in [0.717, 1.165) is 146 Å². The molecule has 0 atom stereocenters. The first-order valence-corrected chi connectivity index (χ1v) is 44.3. The number of hydrogen-bond donors (Lipinski definition) is 14. The van der Waals surface area contributed by atoms with Crippen LogP contribution in [0.5, 0.6) is 0 Å². The third-order valence-corrected chi connectivity index (χ3v) is 22.6. The molecule has 11 aromatic heterocycles. The zero-order valence-electron chi connectivity index (χ0n) is 79.0. The molecule has 26 nitrogen and oxygen atoms in total. The molecule has 0 unspecified atom stereocenters. The third kappa shape index (κ3) is 26.7. The van der Waals surface area contributed by atoms with E-state index in [1.807, 2.05) is 206 Å². The van der Waals surface area contributed by atoms with Gasteiger partial charge in [-0.1, -0.05) is 154 Å². The normalized spacial score (nSPS) is 10.5. The van der Waals surface area contributed by atoms with Gasteiger partial charge in [0.1, 0.15) is 69.8 Å². The lowest BCUT2D eigenvalue weighted by Gasteiger charge is -2.06. The number of fused-ring (bicyclic) bond motifs is 11. The maximum atomic E-state index is 13.1. The van der Waals surface area contributed by atoms with Crippen molar-refractivity contribution in [2.45, 2.75) is 76.2 Å². The topological polar surface area (TPSA) is 523 Å². The van der Waals surface area contributed by atoms with Crippen LogP contribution in [0.15, 0.2) is 304 Å². The van der Waals surface area contributed by atoms with Gasteiger partial charge in [0.15, 0.2) is 0 Å². The van der Waals surface area contributed by atoms with Gasteiger partial charge in [-0.2, -0.15) is 0 Å². The van der Waals surface area contributed by atoms with Crippen LogP contribution in [-0.4, -0.2) is 60.7 Å². The van der Waals surface area contributed by atoms with Crippen LogP contribution in [0.3, 0.4) is 0 Å². The lowest BCUT2D eigenvalue weighted by atomic mass is 10.0. The number of aromatic nitrogens is 11. The fraction of sp³-hybridized carbons (Fsp3) is 0.0991. The fourth-order valence-corrected chi connectivity index (χ4v) is 15.0. The Morgan fingerprint density at radius 1 is 0.245 bits per heavy atom. The van der Waals surface area contributed by atoms with Crippen LogP contribution < -0.4 is 80.3 Å². The van der Waals surface area contributed by atoms with Crippen LogP contribution in [0.1, 0.15) is 71.6 Å². The summed E-state index contributed by atoms with van der Waals surface area (Å²) in [6.07, 6.45) is 15.3. The van der Waals surface area contributed by atoms with Crippen LogP contribution in [0.4, 0.5) is 79.8 Å². The molecule has 22 rings (SSSR count). The number of halogens is 2. The van der Waals surface area contributed by atoms with E-state index in [2.05, 4.69) is 149 Å². The Balaban J connectivity index is 0.000000137. The monoisotopic (exact) mass is 1860 g/mol. The average Bonchev–Trinajstić information content (AvgIpc) is 0.701. The number of carbonyl (C=O) groups is 1. The molecule has 28 N–H and O–H groups in total. The Hall–Kier alpha value is -18.0. The number of aryl methyl sites for hydroxylation is 11. The maximum absolute atomic E-state index is 13.1. The number of nitrogen functional groups attached to an aromatic ring is 13. The number of primary amides is 1. The molecule has 11 aromatic carbocycles. The Morgan fingerprint density at radius 3 is 1.13 bits per heavy atom. The minimum atomic E-state index is -0.426. The number of anilines is 13. The summed E-state index contributed by atoms with van der Waals surface area (Å²) in [4.78, 5) is 55.5. The summed E-state index contributed by atoms with van der Waals surface area (Å²) in [5.74, 6) is 5.12. The highest BCUT2D eigenvalue weighted by Crippen LogP contribution is 2.31. The summed E-state index contributed by atoms with van der Waals surface area (Å²) in [6, 6.07) is 80.3. The molecule has 22 aromatic rings. The van der Waals surface area contributed by atoms with Gasteiger partial charge in [0.25, 0.3) is 0 Å². The zero-order valence-corrected chi connectivity index (χ0v) is 79.8. The second-order valence-corrected chi connectivity index (χ2v) is 33.8. The van der Waals surface area contributed by atoms with Gasteiger partial charge in [-0.3, -0.25) is 14.8 Å². The number of rotatable bonds is 1. The van der Waals surface area contributed by atoms with E-state index in [9.17, 15) is 9.18 Å². The molecule has 0 saturated carbocycles. The van der Waals surface area contributed by atoms with E-state index in [-0.39, 0.29) is 5.82 Å². The van der Waals surface area contributed by atoms with Crippen LogP contribution in [0, 0.1) is 82.0 Å². The van der Waals surface area contributed by atoms with E-state index in [1.165, 1.54) is 50.6 Å². The molecule has 0 bridgehead atoms. The molecule has 700 valence electrons. The molecule has 0 aliphatic carbocycles. The highest BCUT2D eigenvalue weighted by atomic mass is 35.5. The number of nitrogens with zero attached hydrogens (tertiary/aromatic N) is 11. The molecule has 28 heteroatoms. The SMILES string of the molecule is Cc1cc2c(N)nccc2cc1C(N)=O.Cc1cc2c(N)nccc2cc1Cl.Cc1cc2c(N)nccc2cc1F.Cc1ccc2c(N)cncc2c1.Cc1ccc2c(N)nc(N)cc2c1.Cc1ccc2c(N)nccc2c1.Cc1ccc2cc(N)nc(N)c2c1.Cc1ccc2ccc(N)nc2c1.Cc1ccc2ccnc(N)c2c1.Cc1ccc2cncc(N)c2c1.Cc1ccc2nc(N)ccc2c1. The first-order chi connectivity index (χ1) is 66.4. The Bertz CT molecular complexity index is 7880. The standard InChI is InChI=1S/C11H11N3O.C10H9ClN2.C10H9FN2.2C10H11N3.6C10H10N2/c1-6-4-9-7(2-3-14-10(9)12)5-8(6)11(13)15;2*1-6-4-8-7(5-9(6)11)2-3-13-10(8)12;1-6-2-3-8-7(4-6)5-9(11)13-10(8)12;1-6-2-3-7-5-9(11)13-10(12)8(7)4-6;1-7-2-4-9-8(6-7)3-5-10(11)12-9;1-7-2-3-9-8(4-7)5-12-6-10(9)11;1-7-2-3-8-5-12-6-10(11)9(8)4-7;1-7-2-3-9-8(6-7)4-5-12-10(9)11;1-7-2-3-8-4-5-12-10(11)9(8)6-7;1-7-2-3-8-4-5-10(11)12-9(8)6-7/h2-5H,1H3,(H2,12,14)(H2,13,15);2*2-5H,1H3,(H2,12,13);2*2-5H,1H3,(H4,11,12,13);2-6H,1H3,(H2,11,12);2*2-6H,11H2,1H3;3*2-6H,1H3,(H2,11,12). The highest BCUT2D eigenvalue weighted by Gasteiger charge is 2.12. The number of carbonyl (C=O) groups excluding carboxylic acids is 1. The molecule has 0 radical (unpaired) electrons. The van der Waals surface area contributed by atoms with Crippen molar-refractivity contribution in [3.63, 3.8) is 0 Å². The van der Waals surface area contributed by atoms with Gasteiger partial charge in [-0.15, -0.1) is 0 Å². The average molecular weight is 1870 g/mol. The second kappa shape index (κ2) is 45.6. The molecular formula is C111H111ClFN25O. The number of hydrogen-bond acceptors (Lipinski definition) is 25. The van der Waals surface area contributed by atoms with Crippen molar-refractivity contribution in [3.8, 4) is 0 Å². The molecule has 0 saturated heterocycles. The van der Waals surface area contributed by atoms with Crippen molar-refractivity contribution in [3.05, 3.63) is 382 Å². The summed E-state index contributed by atoms with van der Waals surface area (Å²) >= 11 is 5.98. The Morgan fingerprint density at radius 2 is 0.583 bits per heavy atom. The quantitative estimate of drug-likeness (QED) is 0.0726. The summed E-state index contributed by atoms with van der Waals surface area (Å²) in [7, 11) is 0. The summed E-state index contributed by atoms with van der Waals surface area (Å²) in [5.41, 5.74) is 95.1. The first kappa shape index (κ1) is 100. The summed E-state index contributed by atoms with van der Waals surface area (Å²) in [5, 5.41) is 21.1. The van der Waals surface area contributed by atoms with E-state index in [1.54, 1.807) is 74.6 Å². The van der Waals surface area contributed by atoms with E-state index in [4.69, 9.17) is 91.9 Å². The zero-order chi connectivity index (χ0) is 100. The van der Waals surface area contributed by atoms with Crippen molar-refractivity contribution in [1.29, 1.82) is 0 Å². The molecular weight excluding hydrogens is 1750 g/mol. The van der Waals surface area contributed by atoms with Crippen LogP contribution >= 0.6 is 11.6 Å². The fourth-order valence-electron chi connectivity index (χ4n) is 14.8. The number of nitrogens with two attached hydrogens (primary N) is 14. The van der Waals surface area contributed by atoms with Crippen molar-refractivity contribution < 1.29 is 9.18 Å². The van der Waals surface area contributed by atoms with Gasteiger partial charge in [0, 0.05) is 124 Å². The van der Waals surface area contributed by atoms with Gasteiger partial charge in [-0.25, -0.2) is 49.2 Å². The van der Waals surface area contributed by atoms with Gasteiger partial charge >= 0.3 is 0 Å². The second-order valence-electron chi connectivity index (χ2n) is 33.4. The molecule has 0 spiro atoms. The van der Waals surface area contributed by atoms with Gasteiger partial charge < -0.3 is 80.3 Å². The Labute approximate surface area is 809 Å². The molecule has 0 aliphatic rings. The Kier molecular flexibility index (Phi) is 32.8. The maximum Gasteiger partial charge on any atom is 0.248 e. The van der Waals surface area contributed by atoms with Gasteiger partial charge in [0.05, 0.1) is 34.8 Å². The van der Waals surface area contributed by atoms with Crippen molar-refractivity contribution in [2.24, 2.45) is 5.73 Å². The number of benzene rings is 11. The molecule has 1 amide bonds. The van der Waals surface area contributed by atoms with Gasteiger partial charge in [-0.05, 0) is 282 Å². The molecule has 0 aliphatic heterocycles. The van der Waals surface area contributed by atoms with E-state index in [0.29, 0.717) is 75.1 Å². The van der Waals surface area contributed by atoms with Crippen LogP contribution in [0.2, 0.25) is 5.02 Å². The molecule has 0 fully saturated rings. The van der Waals surface area contributed by atoms with Crippen molar-refractivity contribution in [1.82, 2.24) is 54.8 Å². The predicted molar refractivity (Wildman–Crippen MR) is 582 cm³/mol. The predicted octanol–water partition coefficient (Wildman–Crippen LogP) is 22.4. The van der Waals surface area contributed by atoms with Crippen molar-refractivity contribution >= 4 is 212 Å². The first-order valence-electron chi connectivity index (χ1n) is 44.0. The minimum Gasteiger partial charge on any atom is -0.397 e. The van der Waals surface area contributed by atoms with E-state index < -0.39 is 5.91 Å². The summed E-state index contributed by atoms with van der Waals surface area (Å²) in [6.45, 7) is 21.9. The van der Waals surface area contributed by atoms with Crippen LogP contribution in [0.25, 0.3) is 119 Å². The lowest BCUT2D eigenvalue weighted by molar-refractivity contribution is 0.0999. The largest absolute Gasteiger partial charge is 0.397 e. The smallest absolute Gasteiger partial charge is 0.248 e. The molecule has 139 heavy (non-hydrogen) atoms. The lowest BCUT2D eigenvalue weighted by Crippen LogP contribution is -2.12.